The monoisotopic (exact) mass is 347 g/mol. The molecule has 0 saturated carbocycles. The van der Waals surface area contributed by atoms with E-state index in [0.29, 0.717) is 12.9 Å². The average Bonchev–Trinajstić information content (AvgIpc) is 3.10. The Hall–Kier alpha value is -1.30. The van der Waals surface area contributed by atoms with Gasteiger partial charge in [0.15, 0.2) is 11.5 Å². The minimum atomic E-state index is 0.121. The zero-order valence-electron chi connectivity index (χ0n) is 15.1. The molecule has 2 fully saturated rings. The Bertz CT molecular complexity index is 585. The Morgan fingerprint density at radius 1 is 1.12 bits per heavy atom. The molecule has 1 aromatic rings. The molecular formula is C20H29NO4. The second-order valence-corrected chi connectivity index (χ2v) is 7.66. The second-order valence-electron chi connectivity index (χ2n) is 7.66. The van der Waals surface area contributed by atoms with E-state index in [4.69, 9.17) is 18.9 Å². The Balaban J connectivity index is 1.44. The van der Waals surface area contributed by atoms with E-state index >= 15 is 0 Å². The van der Waals surface area contributed by atoms with Crippen LogP contribution in [0.4, 0.5) is 0 Å². The minimum absolute atomic E-state index is 0.121. The van der Waals surface area contributed by atoms with Crippen LogP contribution in [0.1, 0.15) is 38.2 Å². The van der Waals surface area contributed by atoms with Gasteiger partial charge in [0, 0.05) is 31.8 Å². The Morgan fingerprint density at radius 2 is 1.96 bits per heavy atom. The van der Waals surface area contributed by atoms with Gasteiger partial charge in [0.25, 0.3) is 0 Å². The number of benzene rings is 1. The predicted octanol–water partition coefficient (Wildman–Crippen LogP) is 2.87. The van der Waals surface area contributed by atoms with Crippen molar-refractivity contribution in [1.82, 2.24) is 5.32 Å². The molecule has 2 unspecified atom stereocenters. The first-order valence-corrected chi connectivity index (χ1v) is 9.55. The van der Waals surface area contributed by atoms with E-state index < -0.39 is 0 Å². The smallest absolute Gasteiger partial charge is 0.231 e. The third kappa shape index (κ3) is 3.78. The second kappa shape index (κ2) is 7.52. The molecule has 0 radical (unpaired) electrons. The van der Waals surface area contributed by atoms with Crippen LogP contribution in [0, 0.1) is 5.92 Å². The van der Waals surface area contributed by atoms with Crippen molar-refractivity contribution in [3.8, 4) is 11.5 Å². The Kier molecular flexibility index (Phi) is 5.15. The maximum Gasteiger partial charge on any atom is 0.231 e. The van der Waals surface area contributed by atoms with Crippen molar-refractivity contribution in [3.63, 3.8) is 0 Å². The molecule has 2 atom stereocenters. The van der Waals surface area contributed by atoms with Crippen LogP contribution in [-0.2, 0) is 14.9 Å². The van der Waals surface area contributed by atoms with E-state index in [-0.39, 0.29) is 5.41 Å². The first kappa shape index (κ1) is 17.1. The van der Waals surface area contributed by atoms with Crippen LogP contribution in [0.2, 0.25) is 0 Å². The molecule has 0 aromatic heterocycles. The van der Waals surface area contributed by atoms with Gasteiger partial charge in [0.05, 0.1) is 6.10 Å². The van der Waals surface area contributed by atoms with Gasteiger partial charge in [-0.15, -0.1) is 0 Å². The van der Waals surface area contributed by atoms with Crippen molar-refractivity contribution in [2.24, 2.45) is 5.92 Å². The molecule has 138 valence electrons. The van der Waals surface area contributed by atoms with Gasteiger partial charge in [-0.2, -0.15) is 0 Å². The highest BCUT2D eigenvalue weighted by molar-refractivity contribution is 5.47. The summed E-state index contributed by atoms with van der Waals surface area (Å²) in [6.07, 6.45) is 4.81. The van der Waals surface area contributed by atoms with Crippen LogP contribution in [0.5, 0.6) is 11.5 Å². The molecule has 5 nitrogen and oxygen atoms in total. The quantitative estimate of drug-likeness (QED) is 0.888. The molecule has 1 aromatic carbocycles. The number of rotatable bonds is 5. The van der Waals surface area contributed by atoms with Crippen LogP contribution in [-0.4, -0.2) is 45.8 Å². The first-order chi connectivity index (χ1) is 12.3. The van der Waals surface area contributed by atoms with E-state index in [1.54, 1.807) is 0 Å². The van der Waals surface area contributed by atoms with Gasteiger partial charge in [-0.1, -0.05) is 6.07 Å². The fourth-order valence-corrected chi connectivity index (χ4v) is 4.35. The summed E-state index contributed by atoms with van der Waals surface area (Å²) in [5.41, 5.74) is 1.46. The first-order valence-electron chi connectivity index (χ1n) is 9.55. The molecule has 4 rings (SSSR count). The lowest BCUT2D eigenvalue weighted by molar-refractivity contribution is 0.00188. The summed E-state index contributed by atoms with van der Waals surface area (Å²) in [6.45, 7) is 7.11. The van der Waals surface area contributed by atoms with Crippen LogP contribution in [0.25, 0.3) is 0 Å². The zero-order chi connectivity index (χ0) is 17.1. The van der Waals surface area contributed by atoms with Gasteiger partial charge in [-0.3, -0.25) is 0 Å². The highest BCUT2D eigenvalue weighted by Crippen LogP contribution is 2.40. The van der Waals surface area contributed by atoms with Crippen molar-refractivity contribution in [1.29, 1.82) is 0 Å². The average molecular weight is 347 g/mol. The standard InChI is InChI=1S/C20H29NO4/c1-15-10-16(4-7-23-15)12-21-13-20(5-8-22-9-6-20)17-2-3-18-19(11-17)25-14-24-18/h2-3,11,15-16,21H,4-10,12-14H2,1H3. The number of hydrogen-bond acceptors (Lipinski definition) is 5. The normalized spacial score (nSPS) is 28.0. The highest BCUT2D eigenvalue weighted by Gasteiger charge is 2.35. The van der Waals surface area contributed by atoms with Gasteiger partial charge in [-0.05, 0) is 62.8 Å². The highest BCUT2D eigenvalue weighted by atomic mass is 16.7. The summed E-state index contributed by atoms with van der Waals surface area (Å²) in [7, 11) is 0. The van der Waals surface area contributed by atoms with E-state index in [9.17, 15) is 0 Å². The molecule has 25 heavy (non-hydrogen) atoms. The summed E-state index contributed by atoms with van der Waals surface area (Å²) in [4.78, 5) is 0. The summed E-state index contributed by atoms with van der Waals surface area (Å²) in [6, 6.07) is 6.43. The summed E-state index contributed by atoms with van der Waals surface area (Å²) >= 11 is 0. The molecule has 3 aliphatic rings. The fraction of sp³-hybridized carbons (Fsp3) is 0.700. The van der Waals surface area contributed by atoms with Gasteiger partial charge >= 0.3 is 0 Å². The lowest BCUT2D eigenvalue weighted by Crippen LogP contribution is -2.44. The molecule has 0 spiro atoms. The van der Waals surface area contributed by atoms with Crippen LogP contribution in [0.15, 0.2) is 18.2 Å². The van der Waals surface area contributed by atoms with Crippen molar-refractivity contribution in [2.75, 3.05) is 39.7 Å². The lowest BCUT2D eigenvalue weighted by Gasteiger charge is -2.39. The molecule has 3 heterocycles. The number of hydrogen-bond donors (Lipinski definition) is 1. The Morgan fingerprint density at radius 3 is 2.80 bits per heavy atom. The number of fused-ring (bicyclic) bond motifs is 1. The topological polar surface area (TPSA) is 49.0 Å². The molecule has 3 aliphatic heterocycles. The molecule has 1 N–H and O–H groups in total. The molecular weight excluding hydrogens is 318 g/mol. The summed E-state index contributed by atoms with van der Waals surface area (Å²) in [5, 5.41) is 3.77. The van der Waals surface area contributed by atoms with Crippen molar-refractivity contribution < 1.29 is 18.9 Å². The maximum absolute atomic E-state index is 5.67. The minimum Gasteiger partial charge on any atom is -0.454 e. The SMILES string of the molecule is CC1CC(CNCC2(c3ccc4c(c3)OCO4)CCOCC2)CCO1. The third-order valence-electron chi connectivity index (χ3n) is 5.92. The Labute approximate surface area is 150 Å². The van der Waals surface area contributed by atoms with Crippen molar-refractivity contribution >= 4 is 0 Å². The molecule has 0 amide bonds. The largest absolute Gasteiger partial charge is 0.454 e. The molecule has 0 bridgehead atoms. The summed E-state index contributed by atoms with van der Waals surface area (Å²) in [5.74, 6) is 2.45. The number of nitrogens with one attached hydrogen (secondary N) is 1. The zero-order valence-corrected chi connectivity index (χ0v) is 15.1. The van der Waals surface area contributed by atoms with Crippen LogP contribution in [0.3, 0.4) is 0 Å². The van der Waals surface area contributed by atoms with Crippen molar-refractivity contribution in [3.05, 3.63) is 23.8 Å². The molecule has 0 aliphatic carbocycles. The van der Waals surface area contributed by atoms with Gasteiger partial charge in [-0.25, -0.2) is 0 Å². The van der Waals surface area contributed by atoms with E-state index in [1.807, 2.05) is 0 Å². The summed E-state index contributed by atoms with van der Waals surface area (Å²) < 4.78 is 22.4. The van der Waals surface area contributed by atoms with Crippen LogP contribution < -0.4 is 14.8 Å². The van der Waals surface area contributed by atoms with Gasteiger partial charge in [0.2, 0.25) is 6.79 Å². The van der Waals surface area contributed by atoms with Gasteiger partial charge in [0.1, 0.15) is 0 Å². The molecule has 2 saturated heterocycles. The lowest BCUT2D eigenvalue weighted by atomic mass is 9.74. The third-order valence-corrected chi connectivity index (χ3v) is 5.92. The van der Waals surface area contributed by atoms with E-state index in [1.165, 1.54) is 5.56 Å². The fourth-order valence-electron chi connectivity index (χ4n) is 4.35. The van der Waals surface area contributed by atoms with E-state index in [0.717, 1.165) is 76.0 Å². The van der Waals surface area contributed by atoms with E-state index in [2.05, 4.69) is 30.4 Å². The van der Waals surface area contributed by atoms with Gasteiger partial charge < -0.3 is 24.3 Å². The molecule has 5 heteroatoms. The predicted molar refractivity (Wildman–Crippen MR) is 95.3 cm³/mol. The van der Waals surface area contributed by atoms with Crippen molar-refractivity contribution in [2.45, 2.75) is 44.1 Å². The van der Waals surface area contributed by atoms with Crippen LogP contribution >= 0.6 is 0 Å². The number of ether oxygens (including phenoxy) is 4. The maximum atomic E-state index is 5.67.